The molecule has 1 aliphatic rings. The Hall–Kier alpha value is -2.83. The molecular weight excluding hydrogens is 304 g/mol. The molecule has 0 bridgehead atoms. The van der Waals surface area contributed by atoms with Crippen LogP contribution in [0.15, 0.2) is 36.9 Å². The number of imidazole rings is 1. The van der Waals surface area contributed by atoms with Crippen molar-refractivity contribution in [2.75, 3.05) is 37.0 Å². The lowest BCUT2D eigenvalue weighted by molar-refractivity contribution is 0.414. The van der Waals surface area contributed by atoms with E-state index >= 15 is 0 Å². The van der Waals surface area contributed by atoms with Gasteiger partial charge in [0.1, 0.15) is 17.6 Å². The maximum atomic E-state index is 5.48. The van der Waals surface area contributed by atoms with Gasteiger partial charge in [0.05, 0.1) is 19.1 Å². The Bertz CT molecular complexity index is 833. The third kappa shape index (κ3) is 2.73. The van der Waals surface area contributed by atoms with Crippen molar-refractivity contribution < 1.29 is 4.74 Å². The monoisotopic (exact) mass is 324 g/mol. The van der Waals surface area contributed by atoms with Crippen LogP contribution in [0.4, 0.5) is 11.5 Å². The second-order valence-electron chi connectivity index (χ2n) is 5.98. The van der Waals surface area contributed by atoms with E-state index in [4.69, 9.17) is 4.74 Å². The van der Waals surface area contributed by atoms with Crippen molar-refractivity contribution in [2.24, 2.45) is 5.92 Å². The van der Waals surface area contributed by atoms with Gasteiger partial charge in [0.15, 0.2) is 11.5 Å². The van der Waals surface area contributed by atoms with Gasteiger partial charge >= 0.3 is 0 Å². The van der Waals surface area contributed by atoms with Gasteiger partial charge in [-0.1, -0.05) is 12.1 Å². The first kappa shape index (κ1) is 14.7. The van der Waals surface area contributed by atoms with Crippen LogP contribution in [-0.2, 0) is 0 Å². The van der Waals surface area contributed by atoms with Crippen LogP contribution in [0.3, 0.4) is 0 Å². The van der Waals surface area contributed by atoms with Gasteiger partial charge in [0, 0.05) is 19.6 Å². The molecule has 1 atom stereocenters. The number of aromatic amines is 1. The maximum Gasteiger partial charge on any atom is 0.182 e. The van der Waals surface area contributed by atoms with E-state index in [1.54, 1.807) is 19.8 Å². The highest BCUT2D eigenvalue weighted by atomic mass is 16.5. The number of hydrogen-bond donors (Lipinski definition) is 2. The number of aromatic nitrogens is 4. The zero-order valence-corrected chi connectivity index (χ0v) is 13.6. The molecule has 1 saturated heterocycles. The highest BCUT2D eigenvalue weighted by Gasteiger charge is 2.24. The molecule has 3 heterocycles. The van der Waals surface area contributed by atoms with Gasteiger partial charge in [0.2, 0.25) is 0 Å². The van der Waals surface area contributed by atoms with Gasteiger partial charge in [-0.25, -0.2) is 15.0 Å². The topological polar surface area (TPSA) is 79.0 Å². The molecule has 7 heteroatoms. The molecule has 1 unspecified atom stereocenters. The van der Waals surface area contributed by atoms with Crippen molar-refractivity contribution in [3.05, 3.63) is 36.9 Å². The van der Waals surface area contributed by atoms with Crippen molar-refractivity contribution in [2.45, 2.75) is 6.42 Å². The fourth-order valence-electron chi connectivity index (χ4n) is 3.25. The predicted octanol–water partition coefficient (Wildman–Crippen LogP) is 2.30. The third-order valence-electron chi connectivity index (χ3n) is 4.49. The van der Waals surface area contributed by atoms with Crippen molar-refractivity contribution in [1.29, 1.82) is 0 Å². The van der Waals surface area contributed by atoms with E-state index in [-0.39, 0.29) is 0 Å². The maximum absolute atomic E-state index is 5.48. The zero-order valence-electron chi connectivity index (χ0n) is 13.6. The smallest absolute Gasteiger partial charge is 0.182 e. The Labute approximate surface area is 140 Å². The first-order valence-corrected chi connectivity index (χ1v) is 8.11. The minimum Gasteiger partial charge on any atom is -0.495 e. The van der Waals surface area contributed by atoms with E-state index in [0.717, 1.165) is 43.1 Å². The molecule has 0 aliphatic carbocycles. The van der Waals surface area contributed by atoms with Gasteiger partial charge in [0.25, 0.3) is 0 Å². The van der Waals surface area contributed by atoms with Gasteiger partial charge in [-0.15, -0.1) is 0 Å². The molecule has 3 aromatic rings. The Balaban J connectivity index is 1.42. The second-order valence-corrected chi connectivity index (χ2v) is 5.98. The predicted molar refractivity (Wildman–Crippen MR) is 93.5 cm³/mol. The summed E-state index contributed by atoms with van der Waals surface area (Å²) in [7, 11) is 1.72. The number of nitrogens with zero attached hydrogens (tertiary/aromatic N) is 4. The molecule has 2 N–H and O–H groups in total. The molecule has 0 radical (unpaired) electrons. The third-order valence-corrected chi connectivity index (χ3v) is 4.49. The first-order chi connectivity index (χ1) is 11.8. The summed E-state index contributed by atoms with van der Waals surface area (Å²) >= 11 is 0. The molecule has 0 saturated carbocycles. The summed E-state index contributed by atoms with van der Waals surface area (Å²) in [6.45, 7) is 2.91. The molecular formula is C17H20N6O. The van der Waals surface area contributed by atoms with Crippen molar-refractivity contribution in [3.8, 4) is 5.75 Å². The van der Waals surface area contributed by atoms with Crippen molar-refractivity contribution in [1.82, 2.24) is 19.9 Å². The summed E-state index contributed by atoms with van der Waals surface area (Å²) in [5.74, 6) is 2.30. The minimum absolute atomic E-state index is 0.558. The first-order valence-electron chi connectivity index (χ1n) is 8.11. The molecule has 4 rings (SSSR count). The van der Waals surface area contributed by atoms with E-state index in [9.17, 15) is 0 Å². The summed E-state index contributed by atoms with van der Waals surface area (Å²) in [6.07, 6.45) is 4.33. The summed E-state index contributed by atoms with van der Waals surface area (Å²) in [5.41, 5.74) is 2.71. The van der Waals surface area contributed by atoms with Crippen LogP contribution in [0.5, 0.6) is 5.75 Å². The summed E-state index contributed by atoms with van der Waals surface area (Å²) in [5, 5.41) is 3.44. The van der Waals surface area contributed by atoms with Gasteiger partial charge in [-0.3, -0.25) is 0 Å². The molecule has 7 nitrogen and oxygen atoms in total. The van der Waals surface area contributed by atoms with Crippen LogP contribution in [0.25, 0.3) is 11.2 Å². The summed E-state index contributed by atoms with van der Waals surface area (Å²) < 4.78 is 5.48. The van der Waals surface area contributed by atoms with Crippen molar-refractivity contribution >= 4 is 22.7 Å². The van der Waals surface area contributed by atoms with Crippen LogP contribution in [0.1, 0.15) is 6.42 Å². The number of H-pyrrole nitrogens is 1. The van der Waals surface area contributed by atoms with Crippen LogP contribution < -0.4 is 15.0 Å². The number of ether oxygens (including phenoxy) is 1. The van der Waals surface area contributed by atoms with E-state index < -0.39 is 0 Å². The fourth-order valence-corrected chi connectivity index (χ4v) is 3.25. The molecule has 124 valence electrons. The number of rotatable bonds is 5. The van der Waals surface area contributed by atoms with Crippen LogP contribution in [-0.4, -0.2) is 46.7 Å². The van der Waals surface area contributed by atoms with Crippen LogP contribution in [0.2, 0.25) is 0 Å². The zero-order chi connectivity index (χ0) is 16.4. The quantitative estimate of drug-likeness (QED) is 0.750. The van der Waals surface area contributed by atoms with E-state index in [1.165, 1.54) is 5.69 Å². The van der Waals surface area contributed by atoms with E-state index in [1.807, 2.05) is 12.1 Å². The molecule has 1 aromatic carbocycles. The number of hydrogen-bond acceptors (Lipinski definition) is 6. The Morgan fingerprint density at radius 3 is 3.12 bits per heavy atom. The number of anilines is 2. The van der Waals surface area contributed by atoms with Gasteiger partial charge in [-0.05, 0) is 24.5 Å². The fraction of sp³-hybridized carbons (Fsp3) is 0.353. The molecule has 24 heavy (non-hydrogen) atoms. The number of methoxy groups -OCH3 is 1. The molecule has 1 fully saturated rings. The SMILES string of the molecule is COc1ccccc1N1CCC(CNc2ncnc3nc[nH]c23)C1. The highest BCUT2D eigenvalue weighted by Crippen LogP contribution is 2.32. The average molecular weight is 324 g/mol. The normalized spacial score (nSPS) is 17.4. The standard InChI is InChI=1S/C17H20N6O/c1-24-14-5-3-2-4-13(14)23-7-6-12(9-23)8-18-16-15-17(20-10-19-15)22-11-21-16/h2-5,10-12H,6-9H2,1H3,(H2,18,19,20,21,22). The average Bonchev–Trinajstić information content (AvgIpc) is 3.29. The Morgan fingerprint density at radius 2 is 2.21 bits per heavy atom. The lowest BCUT2D eigenvalue weighted by Gasteiger charge is -2.21. The van der Waals surface area contributed by atoms with E-state index in [0.29, 0.717) is 11.6 Å². The van der Waals surface area contributed by atoms with Crippen LogP contribution >= 0.6 is 0 Å². The second kappa shape index (κ2) is 6.35. The summed E-state index contributed by atoms with van der Waals surface area (Å²) in [4.78, 5) is 18.1. The van der Waals surface area contributed by atoms with Crippen molar-refractivity contribution in [3.63, 3.8) is 0 Å². The molecule has 2 aromatic heterocycles. The molecule has 0 spiro atoms. The Kier molecular flexibility index (Phi) is 3.90. The van der Waals surface area contributed by atoms with Crippen LogP contribution in [0, 0.1) is 5.92 Å². The number of benzene rings is 1. The van der Waals surface area contributed by atoms with E-state index in [2.05, 4.69) is 42.3 Å². The highest BCUT2D eigenvalue weighted by molar-refractivity contribution is 5.81. The number of para-hydroxylation sites is 2. The molecule has 0 amide bonds. The lowest BCUT2D eigenvalue weighted by Crippen LogP contribution is -2.23. The lowest BCUT2D eigenvalue weighted by atomic mass is 10.1. The molecule has 1 aliphatic heterocycles. The largest absolute Gasteiger partial charge is 0.495 e. The van der Waals surface area contributed by atoms with Gasteiger partial charge in [-0.2, -0.15) is 0 Å². The number of nitrogens with one attached hydrogen (secondary N) is 2. The number of fused-ring (bicyclic) bond motifs is 1. The minimum atomic E-state index is 0.558. The summed E-state index contributed by atoms with van der Waals surface area (Å²) in [6, 6.07) is 8.19. The van der Waals surface area contributed by atoms with Gasteiger partial charge < -0.3 is 19.9 Å². The Morgan fingerprint density at radius 1 is 1.29 bits per heavy atom.